The molecular weight excluding hydrogens is 507 g/mol. The number of halogens is 3. The van der Waals surface area contributed by atoms with Crippen LogP contribution >= 0.6 is 0 Å². The average molecular weight is 536 g/mol. The van der Waals surface area contributed by atoms with E-state index in [2.05, 4.69) is 10.6 Å². The van der Waals surface area contributed by atoms with Crippen LogP contribution < -0.4 is 10.6 Å². The van der Waals surface area contributed by atoms with Gasteiger partial charge < -0.3 is 15.2 Å². The minimum atomic E-state index is -4.65. The van der Waals surface area contributed by atoms with Gasteiger partial charge in [-0.25, -0.2) is 8.42 Å². The van der Waals surface area contributed by atoms with Gasteiger partial charge in [0.2, 0.25) is 5.91 Å². The van der Waals surface area contributed by atoms with E-state index >= 15 is 0 Å². The Balaban J connectivity index is 2.04. The number of benzene rings is 2. The van der Waals surface area contributed by atoms with E-state index in [1.807, 2.05) is 13.8 Å². The Morgan fingerprint density at radius 1 is 1.03 bits per heavy atom. The highest BCUT2D eigenvalue weighted by Gasteiger charge is 2.35. The number of alkyl halides is 3. The molecule has 0 atom stereocenters. The zero-order chi connectivity index (χ0) is 27.5. The third-order valence-electron chi connectivity index (χ3n) is 5.63. The van der Waals surface area contributed by atoms with E-state index in [0.717, 1.165) is 12.3 Å². The van der Waals surface area contributed by atoms with E-state index in [1.165, 1.54) is 60.2 Å². The van der Waals surface area contributed by atoms with Crippen LogP contribution in [0.2, 0.25) is 0 Å². The monoisotopic (exact) mass is 535 g/mol. The summed E-state index contributed by atoms with van der Waals surface area (Å²) in [6.45, 7) is 5.45. The summed E-state index contributed by atoms with van der Waals surface area (Å²) in [4.78, 5) is 25.8. The van der Waals surface area contributed by atoms with E-state index in [1.54, 1.807) is 0 Å². The number of rotatable bonds is 8. The second kappa shape index (κ2) is 10.8. The van der Waals surface area contributed by atoms with Gasteiger partial charge in [-0.1, -0.05) is 32.0 Å². The van der Waals surface area contributed by atoms with E-state index in [0.29, 0.717) is 12.2 Å². The van der Waals surface area contributed by atoms with Crippen LogP contribution in [-0.4, -0.2) is 37.6 Å². The highest BCUT2D eigenvalue weighted by atomic mass is 32.2. The third kappa shape index (κ3) is 6.79. The summed E-state index contributed by atoms with van der Waals surface area (Å²) in [5, 5.41) is 5.38. The number of nitrogens with zero attached hydrogens (tertiary/aromatic N) is 1. The number of anilines is 1. The molecule has 0 spiro atoms. The maximum Gasteiger partial charge on any atom is 0.417 e. The Hall–Kier alpha value is -3.60. The minimum absolute atomic E-state index is 0.0753. The Morgan fingerprint density at radius 2 is 1.65 bits per heavy atom. The number of aromatic nitrogens is 1. The molecular formula is C26H28F3N3O4S. The number of sulfone groups is 1. The molecule has 0 unspecified atom stereocenters. The first-order valence-electron chi connectivity index (χ1n) is 11.4. The first-order chi connectivity index (χ1) is 17.2. The summed E-state index contributed by atoms with van der Waals surface area (Å²) < 4.78 is 66.2. The number of nitrogens with one attached hydrogen (secondary N) is 2. The van der Waals surface area contributed by atoms with Crippen molar-refractivity contribution in [1.29, 1.82) is 0 Å². The Bertz CT molecular complexity index is 1410. The highest BCUT2D eigenvalue weighted by Crippen LogP contribution is 2.39. The summed E-state index contributed by atoms with van der Waals surface area (Å²) in [6, 6.07) is 10.5. The Kier molecular flexibility index (Phi) is 8.16. The zero-order valence-electron chi connectivity index (χ0n) is 20.8. The molecule has 2 aromatic carbocycles. The van der Waals surface area contributed by atoms with Gasteiger partial charge in [0, 0.05) is 30.2 Å². The number of carbonyl (C=O) groups excluding carboxylic acids is 2. The molecule has 37 heavy (non-hydrogen) atoms. The molecule has 7 nitrogen and oxygen atoms in total. The fourth-order valence-corrected chi connectivity index (χ4v) is 4.45. The molecule has 0 saturated carbocycles. The van der Waals surface area contributed by atoms with Crippen molar-refractivity contribution in [2.24, 2.45) is 5.92 Å². The van der Waals surface area contributed by atoms with Crippen molar-refractivity contribution in [3.8, 4) is 11.3 Å². The first-order valence-corrected chi connectivity index (χ1v) is 13.3. The third-order valence-corrected chi connectivity index (χ3v) is 6.75. The summed E-state index contributed by atoms with van der Waals surface area (Å²) in [6.07, 6.45) is -2.24. The van der Waals surface area contributed by atoms with Gasteiger partial charge in [-0.15, -0.1) is 0 Å². The van der Waals surface area contributed by atoms with Gasteiger partial charge in [0.15, 0.2) is 9.84 Å². The predicted octanol–water partition coefficient (Wildman–Crippen LogP) is 4.91. The lowest BCUT2D eigenvalue weighted by Crippen LogP contribution is -2.30. The lowest BCUT2D eigenvalue weighted by atomic mass is 10.00. The van der Waals surface area contributed by atoms with E-state index in [-0.39, 0.29) is 39.7 Å². The largest absolute Gasteiger partial charge is 0.417 e. The highest BCUT2D eigenvalue weighted by molar-refractivity contribution is 7.90. The van der Waals surface area contributed by atoms with Crippen molar-refractivity contribution in [2.45, 2.75) is 38.4 Å². The van der Waals surface area contributed by atoms with Crippen molar-refractivity contribution in [1.82, 2.24) is 9.88 Å². The minimum Gasteiger partial charge on any atom is -0.354 e. The van der Waals surface area contributed by atoms with Crippen LogP contribution in [0, 0.1) is 12.8 Å². The number of hydrogen-bond acceptors (Lipinski definition) is 4. The van der Waals surface area contributed by atoms with Crippen molar-refractivity contribution >= 4 is 27.3 Å². The van der Waals surface area contributed by atoms with Gasteiger partial charge in [-0.05, 0) is 48.7 Å². The second-order valence-electron chi connectivity index (χ2n) is 9.14. The van der Waals surface area contributed by atoms with E-state index < -0.39 is 33.4 Å². The van der Waals surface area contributed by atoms with Crippen molar-refractivity contribution < 1.29 is 31.2 Å². The van der Waals surface area contributed by atoms with Crippen LogP contribution in [0.4, 0.5) is 18.9 Å². The van der Waals surface area contributed by atoms with Gasteiger partial charge >= 0.3 is 6.18 Å². The summed E-state index contributed by atoms with van der Waals surface area (Å²) in [7, 11) is -3.42. The van der Waals surface area contributed by atoms with Crippen LogP contribution in [0.3, 0.4) is 0 Å². The average Bonchev–Trinajstić information content (AvgIpc) is 3.12. The molecule has 1 aromatic heterocycles. The molecule has 0 aliphatic heterocycles. The lowest BCUT2D eigenvalue weighted by Gasteiger charge is -2.16. The van der Waals surface area contributed by atoms with Crippen LogP contribution in [0.5, 0.6) is 0 Å². The zero-order valence-corrected chi connectivity index (χ0v) is 21.6. The smallest absolute Gasteiger partial charge is 0.354 e. The second-order valence-corrected chi connectivity index (χ2v) is 11.2. The quantitative estimate of drug-likeness (QED) is 0.428. The fourth-order valence-electron chi connectivity index (χ4n) is 3.82. The molecule has 0 bridgehead atoms. The molecule has 3 aromatic rings. The van der Waals surface area contributed by atoms with E-state index in [4.69, 9.17) is 0 Å². The molecule has 3 rings (SSSR count). The van der Waals surface area contributed by atoms with Gasteiger partial charge in [0.1, 0.15) is 6.54 Å². The molecule has 0 saturated heterocycles. The van der Waals surface area contributed by atoms with Crippen LogP contribution in [0.1, 0.15) is 35.3 Å². The van der Waals surface area contributed by atoms with Crippen LogP contribution in [0.15, 0.2) is 59.6 Å². The molecule has 11 heteroatoms. The predicted molar refractivity (Wildman–Crippen MR) is 135 cm³/mol. The molecule has 198 valence electrons. The summed E-state index contributed by atoms with van der Waals surface area (Å²) >= 11 is 0. The van der Waals surface area contributed by atoms with Crippen LogP contribution in [-0.2, 0) is 27.4 Å². The standard InChI is InChI=1S/C26H28F3N3O4S/c1-16(2)13-30-23(33)15-32-14-21(25(34)31-18-9-11-19(12-10-18)37(4,35)36)17(3)24(32)20-7-5-6-8-22(20)26(27,28)29/h5-12,14,16H,13,15H2,1-4H3,(H,30,33)(H,31,34). The Morgan fingerprint density at radius 3 is 2.22 bits per heavy atom. The van der Waals surface area contributed by atoms with Crippen molar-refractivity contribution in [3.05, 3.63) is 71.4 Å². The maximum atomic E-state index is 13.8. The summed E-state index contributed by atoms with van der Waals surface area (Å²) in [5.74, 6) is -0.842. The van der Waals surface area contributed by atoms with E-state index in [9.17, 15) is 31.2 Å². The number of hydrogen-bond donors (Lipinski definition) is 2. The Labute approximate surface area is 213 Å². The maximum absolute atomic E-state index is 13.8. The summed E-state index contributed by atoms with van der Waals surface area (Å²) in [5.41, 5.74) is -0.291. The number of amides is 2. The van der Waals surface area contributed by atoms with Gasteiger partial charge in [-0.2, -0.15) is 13.2 Å². The molecule has 2 amide bonds. The van der Waals surface area contributed by atoms with Gasteiger partial charge in [0.25, 0.3) is 5.91 Å². The molecule has 0 fully saturated rings. The fraction of sp³-hybridized carbons (Fsp3) is 0.308. The van der Waals surface area contributed by atoms with Gasteiger partial charge in [0.05, 0.1) is 21.7 Å². The first kappa shape index (κ1) is 28.0. The molecule has 2 N–H and O–H groups in total. The molecule has 0 aliphatic carbocycles. The molecule has 1 heterocycles. The van der Waals surface area contributed by atoms with Crippen molar-refractivity contribution in [2.75, 3.05) is 18.1 Å². The normalized spacial score (nSPS) is 12.0. The topological polar surface area (TPSA) is 97.3 Å². The SMILES string of the molecule is Cc1c(C(=O)Nc2ccc(S(C)(=O)=O)cc2)cn(CC(=O)NCC(C)C)c1-c1ccccc1C(F)(F)F. The van der Waals surface area contributed by atoms with Crippen molar-refractivity contribution in [3.63, 3.8) is 0 Å². The van der Waals surface area contributed by atoms with Gasteiger partial charge in [-0.3, -0.25) is 9.59 Å². The number of carbonyl (C=O) groups is 2. The molecule has 0 aliphatic rings. The molecule has 0 radical (unpaired) electrons. The van der Waals surface area contributed by atoms with Crippen LogP contribution in [0.25, 0.3) is 11.3 Å². The lowest BCUT2D eigenvalue weighted by molar-refractivity contribution is -0.137.